The number of ketones is 1. The number of nitrogens with zero attached hydrogens (tertiary/aromatic N) is 2. The monoisotopic (exact) mass is 394 g/mol. The standard InChI is InChI=1S/C12H10N2O5.C5H12.2C2H6/c1-6(15)10-8-5-7(14(18)19)3-4-9(8)13(2)12(17)11(10)16;1-3-5-4-2;2*1-2/h3-5,16H,1-2H3;3-5H2,1-2H3;2*1-2H3. The summed E-state index contributed by atoms with van der Waals surface area (Å²) in [5.41, 5.74) is -0.778. The average molecular weight is 395 g/mol. The summed E-state index contributed by atoms with van der Waals surface area (Å²) in [5, 5.41) is 20.7. The van der Waals surface area contributed by atoms with Crippen molar-refractivity contribution in [2.75, 3.05) is 0 Å². The summed E-state index contributed by atoms with van der Waals surface area (Å²) in [6.45, 7) is 13.6. The first-order valence-corrected chi connectivity index (χ1v) is 9.77. The Balaban J connectivity index is 0. The lowest BCUT2D eigenvalue weighted by atomic mass is 10.0. The van der Waals surface area contributed by atoms with Crippen molar-refractivity contribution >= 4 is 22.4 Å². The second kappa shape index (κ2) is 14.4. The van der Waals surface area contributed by atoms with E-state index in [4.69, 9.17) is 0 Å². The number of hydrogen-bond donors (Lipinski definition) is 1. The zero-order valence-corrected chi connectivity index (χ0v) is 18.3. The molecule has 28 heavy (non-hydrogen) atoms. The first-order valence-electron chi connectivity index (χ1n) is 9.77. The van der Waals surface area contributed by atoms with Crippen LogP contribution < -0.4 is 5.56 Å². The highest BCUT2D eigenvalue weighted by Gasteiger charge is 2.19. The number of Topliss-reactive ketones (excluding diaryl/α,β-unsaturated/α-hetero) is 1. The molecule has 7 heteroatoms. The lowest BCUT2D eigenvalue weighted by molar-refractivity contribution is -0.384. The molecule has 0 atom stereocenters. The minimum Gasteiger partial charge on any atom is -0.502 e. The number of pyridine rings is 1. The second-order valence-corrected chi connectivity index (χ2v) is 5.46. The molecule has 2 aromatic rings. The summed E-state index contributed by atoms with van der Waals surface area (Å²) >= 11 is 0. The summed E-state index contributed by atoms with van der Waals surface area (Å²) in [6.07, 6.45) is 4.08. The molecule has 0 amide bonds. The van der Waals surface area contributed by atoms with Crippen LogP contribution in [0, 0.1) is 10.1 Å². The third kappa shape index (κ3) is 7.13. The van der Waals surface area contributed by atoms with Gasteiger partial charge in [-0.25, -0.2) is 0 Å². The predicted molar refractivity (Wildman–Crippen MR) is 115 cm³/mol. The highest BCUT2D eigenvalue weighted by atomic mass is 16.6. The Morgan fingerprint density at radius 3 is 2.00 bits per heavy atom. The molecule has 1 heterocycles. The van der Waals surface area contributed by atoms with Crippen molar-refractivity contribution in [3.8, 4) is 5.75 Å². The third-order valence-corrected chi connectivity index (χ3v) is 3.62. The molecule has 0 spiro atoms. The Bertz CT molecular complexity index is 824. The number of fused-ring (bicyclic) bond motifs is 1. The van der Waals surface area contributed by atoms with E-state index in [0.29, 0.717) is 5.52 Å². The fraction of sp³-hybridized carbons (Fsp3) is 0.524. The third-order valence-electron chi connectivity index (χ3n) is 3.62. The highest BCUT2D eigenvalue weighted by molar-refractivity contribution is 6.08. The second-order valence-electron chi connectivity index (χ2n) is 5.46. The van der Waals surface area contributed by atoms with Crippen LogP contribution in [0.3, 0.4) is 0 Å². The van der Waals surface area contributed by atoms with Crippen LogP contribution in [0.25, 0.3) is 10.9 Å². The number of carbonyl (C=O) groups is 1. The van der Waals surface area contributed by atoms with E-state index in [1.54, 1.807) is 0 Å². The molecule has 2 rings (SSSR count). The highest BCUT2D eigenvalue weighted by Crippen LogP contribution is 2.27. The molecule has 0 radical (unpaired) electrons. The fourth-order valence-corrected chi connectivity index (χ4v) is 2.34. The van der Waals surface area contributed by atoms with Gasteiger partial charge in [0.1, 0.15) is 0 Å². The summed E-state index contributed by atoms with van der Waals surface area (Å²) in [6, 6.07) is 3.79. The molecular formula is C21H34N2O5. The van der Waals surface area contributed by atoms with Crippen molar-refractivity contribution in [2.24, 2.45) is 7.05 Å². The number of carbonyl (C=O) groups excluding carboxylic acids is 1. The van der Waals surface area contributed by atoms with Crippen molar-refractivity contribution < 1.29 is 14.8 Å². The molecule has 0 aliphatic carbocycles. The van der Waals surface area contributed by atoms with E-state index >= 15 is 0 Å². The molecule has 158 valence electrons. The first-order chi connectivity index (χ1) is 13.3. The van der Waals surface area contributed by atoms with E-state index < -0.39 is 22.0 Å². The molecule has 1 aromatic heterocycles. The van der Waals surface area contributed by atoms with E-state index in [-0.39, 0.29) is 16.6 Å². The maximum atomic E-state index is 11.8. The van der Waals surface area contributed by atoms with Crippen molar-refractivity contribution in [1.82, 2.24) is 4.57 Å². The smallest absolute Gasteiger partial charge is 0.293 e. The number of non-ortho nitro benzene ring substituents is 1. The maximum absolute atomic E-state index is 11.8. The minimum absolute atomic E-state index is 0.182. The fourth-order valence-electron chi connectivity index (χ4n) is 2.34. The number of aromatic nitrogens is 1. The Morgan fingerprint density at radius 1 is 1.14 bits per heavy atom. The molecule has 0 aliphatic heterocycles. The van der Waals surface area contributed by atoms with E-state index in [1.165, 1.54) is 51.4 Å². The zero-order chi connectivity index (χ0) is 22.4. The number of unbranched alkanes of at least 4 members (excludes halogenated alkanes) is 2. The lowest BCUT2D eigenvalue weighted by Gasteiger charge is -2.10. The van der Waals surface area contributed by atoms with Gasteiger partial charge in [-0.05, 0) is 13.0 Å². The van der Waals surface area contributed by atoms with Crippen LogP contribution >= 0.6 is 0 Å². The molecule has 0 fully saturated rings. The largest absolute Gasteiger partial charge is 0.502 e. The number of nitro benzene ring substituents is 1. The molecule has 0 bridgehead atoms. The summed E-state index contributed by atoms with van der Waals surface area (Å²) < 4.78 is 1.14. The van der Waals surface area contributed by atoms with E-state index in [2.05, 4.69) is 13.8 Å². The molecule has 1 N–H and O–H groups in total. The number of nitro groups is 1. The van der Waals surface area contributed by atoms with Gasteiger partial charge in [0.2, 0.25) is 0 Å². The van der Waals surface area contributed by atoms with Gasteiger partial charge < -0.3 is 9.67 Å². The number of aromatic hydroxyl groups is 1. The summed E-state index contributed by atoms with van der Waals surface area (Å²) in [4.78, 5) is 33.4. The van der Waals surface area contributed by atoms with Crippen LogP contribution in [0.1, 0.15) is 78.1 Å². The lowest BCUT2D eigenvalue weighted by Crippen LogP contribution is -2.19. The summed E-state index contributed by atoms with van der Waals surface area (Å²) in [5.74, 6) is -1.22. The van der Waals surface area contributed by atoms with Crippen molar-refractivity contribution in [3.63, 3.8) is 0 Å². The first kappa shape index (κ1) is 27.5. The molecular weight excluding hydrogens is 360 g/mol. The summed E-state index contributed by atoms with van der Waals surface area (Å²) in [7, 11) is 1.42. The van der Waals surface area contributed by atoms with Crippen molar-refractivity contribution in [3.05, 3.63) is 44.2 Å². The van der Waals surface area contributed by atoms with Crippen LogP contribution in [0.4, 0.5) is 5.69 Å². The van der Waals surface area contributed by atoms with Gasteiger partial charge in [0.15, 0.2) is 11.5 Å². The molecule has 0 saturated heterocycles. The van der Waals surface area contributed by atoms with E-state index in [0.717, 1.165) is 4.57 Å². The molecule has 7 nitrogen and oxygen atoms in total. The number of hydrogen-bond acceptors (Lipinski definition) is 5. The predicted octanol–water partition coefficient (Wildman–Crippen LogP) is 5.60. The van der Waals surface area contributed by atoms with Crippen LogP contribution in [-0.2, 0) is 7.05 Å². The Morgan fingerprint density at radius 2 is 1.64 bits per heavy atom. The van der Waals surface area contributed by atoms with Gasteiger partial charge in [0, 0.05) is 24.6 Å². The molecule has 0 saturated carbocycles. The Labute approximate surface area is 167 Å². The van der Waals surface area contributed by atoms with Crippen LogP contribution in [-0.4, -0.2) is 20.4 Å². The molecule has 0 unspecified atom stereocenters. The van der Waals surface area contributed by atoms with Gasteiger partial charge in [-0.15, -0.1) is 0 Å². The van der Waals surface area contributed by atoms with Crippen molar-refractivity contribution in [2.45, 2.75) is 67.7 Å². The van der Waals surface area contributed by atoms with Gasteiger partial charge >= 0.3 is 0 Å². The van der Waals surface area contributed by atoms with E-state index in [1.807, 2.05) is 27.7 Å². The van der Waals surface area contributed by atoms with Gasteiger partial charge in [-0.3, -0.25) is 19.7 Å². The van der Waals surface area contributed by atoms with Gasteiger partial charge in [0.05, 0.1) is 16.0 Å². The number of rotatable bonds is 4. The van der Waals surface area contributed by atoms with Gasteiger partial charge in [-0.1, -0.05) is 60.8 Å². The van der Waals surface area contributed by atoms with Crippen LogP contribution in [0.2, 0.25) is 0 Å². The average Bonchev–Trinajstić information content (AvgIpc) is 2.70. The van der Waals surface area contributed by atoms with Crippen LogP contribution in [0.5, 0.6) is 5.75 Å². The Hall–Kier alpha value is -2.70. The number of benzene rings is 1. The molecule has 1 aromatic carbocycles. The minimum atomic E-state index is -0.716. The topological polar surface area (TPSA) is 102 Å². The van der Waals surface area contributed by atoms with Crippen LogP contribution in [0.15, 0.2) is 23.0 Å². The normalized spacial score (nSPS) is 9.14. The van der Waals surface area contributed by atoms with Crippen molar-refractivity contribution in [1.29, 1.82) is 0 Å². The molecule has 0 aliphatic rings. The maximum Gasteiger partial charge on any atom is 0.293 e. The van der Waals surface area contributed by atoms with Gasteiger partial charge in [-0.2, -0.15) is 0 Å². The number of aryl methyl sites for hydroxylation is 1. The van der Waals surface area contributed by atoms with E-state index in [9.17, 15) is 24.8 Å². The zero-order valence-electron chi connectivity index (χ0n) is 18.3. The SMILES string of the molecule is CC.CC.CC(=O)c1c(O)c(=O)n(C)c2ccc([N+](=O)[O-])cc12.CCCCC. The van der Waals surface area contributed by atoms with Gasteiger partial charge in [0.25, 0.3) is 11.2 Å². The Kier molecular flexibility index (Phi) is 14.1. The quantitative estimate of drug-likeness (QED) is 0.413.